The number of carbonyl (C=O) groups excluding carboxylic acids is 2. The van der Waals surface area contributed by atoms with Gasteiger partial charge in [-0.15, -0.1) is 0 Å². The van der Waals surface area contributed by atoms with Crippen LogP contribution in [0.3, 0.4) is 0 Å². The predicted octanol–water partition coefficient (Wildman–Crippen LogP) is 1.76. The van der Waals surface area contributed by atoms with Crippen LogP contribution >= 0.6 is 0 Å². The molecule has 0 N–H and O–H groups in total. The second-order valence-electron chi connectivity index (χ2n) is 7.14. The van der Waals surface area contributed by atoms with Gasteiger partial charge in [-0.05, 0) is 18.9 Å². The Morgan fingerprint density at radius 2 is 1.52 bits per heavy atom. The van der Waals surface area contributed by atoms with Crippen molar-refractivity contribution in [2.45, 2.75) is 25.7 Å². The maximum absolute atomic E-state index is 12.7. The van der Waals surface area contributed by atoms with E-state index in [1.165, 1.54) is 25.0 Å². The Hall–Kier alpha value is -2.48. The number of amides is 2. The summed E-state index contributed by atoms with van der Waals surface area (Å²) >= 11 is 0. The lowest BCUT2D eigenvalue weighted by Crippen LogP contribution is -2.51. The molecule has 8 heteroatoms. The number of nitro benzene ring substituents is 1. The number of rotatable bonds is 4. The third-order valence-corrected chi connectivity index (χ3v) is 5.31. The summed E-state index contributed by atoms with van der Waals surface area (Å²) in [6, 6.07) is 6.04. The van der Waals surface area contributed by atoms with Crippen LogP contribution in [0.1, 0.15) is 36.0 Å². The lowest BCUT2D eigenvalue weighted by atomic mass is 10.1. The third-order valence-electron chi connectivity index (χ3n) is 5.31. The second kappa shape index (κ2) is 8.94. The van der Waals surface area contributed by atoms with Crippen molar-refractivity contribution in [1.29, 1.82) is 0 Å². The van der Waals surface area contributed by atoms with Crippen LogP contribution in [0.15, 0.2) is 24.3 Å². The molecule has 2 saturated heterocycles. The first kappa shape index (κ1) is 19.3. The Morgan fingerprint density at radius 1 is 0.889 bits per heavy atom. The molecule has 0 aliphatic carbocycles. The minimum absolute atomic E-state index is 0.122. The molecule has 0 bridgehead atoms. The van der Waals surface area contributed by atoms with E-state index in [1.54, 1.807) is 17.0 Å². The fraction of sp³-hybridized carbons (Fsp3) is 0.579. The van der Waals surface area contributed by atoms with Gasteiger partial charge >= 0.3 is 0 Å². The Bertz CT molecular complexity index is 693. The summed E-state index contributed by atoms with van der Waals surface area (Å²) < 4.78 is 0. The number of hydrogen-bond donors (Lipinski definition) is 0. The van der Waals surface area contributed by atoms with Crippen LogP contribution in [-0.2, 0) is 4.79 Å². The van der Waals surface area contributed by atoms with Crippen LogP contribution in [0.2, 0.25) is 0 Å². The van der Waals surface area contributed by atoms with Gasteiger partial charge in [0.2, 0.25) is 5.91 Å². The normalized spacial score (nSPS) is 18.8. The average molecular weight is 374 g/mol. The van der Waals surface area contributed by atoms with Crippen molar-refractivity contribution in [2.75, 3.05) is 45.8 Å². The zero-order valence-electron chi connectivity index (χ0n) is 15.5. The smallest absolute Gasteiger partial charge is 0.282 e. The summed E-state index contributed by atoms with van der Waals surface area (Å²) in [7, 11) is 0. The molecule has 2 aliphatic heterocycles. The van der Waals surface area contributed by atoms with Gasteiger partial charge in [0.15, 0.2) is 0 Å². The molecule has 2 heterocycles. The van der Waals surface area contributed by atoms with Crippen molar-refractivity contribution in [3.63, 3.8) is 0 Å². The molecule has 2 aliphatic rings. The van der Waals surface area contributed by atoms with Crippen molar-refractivity contribution < 1.29 is 14.5 Å². The second-order valence-corrected chi connectivity index (χ2v) is 7.14. The molecule has 8 nitrogen and oxygen atoms in total. The van der Waals surface area contributed by atoms with E-state index in [-0.39, 0.29) is 23.1 Å². The van der Waals surface area contributed by atoms with Crippen molar-refractivity contribution >= 4 is 17.5 Å². The Morgan fingerprint density at radius 3 is 2.15 bits per heavy atom. The van der Waals surface area contributed by atoms with Gasteiger partial charge in [-0.2, -0.15) is 0 Å². The molecule has 0 aromatic heterocycles. The molecular weight excluding hydrogens is 348 g/mol. The molecule has 1 aromatic rings. The van der Waals surface area contributed by atoms with Gasteiger partial charge < -0.3 is 9.80 Å². The van der Waals surface area contributed by atoms with Gasteiger partial charge in [-0.1, -0.05) is 25.0 Å². The molecule has 0 unspecified atom stereocenters. The largest absolute Gasteiger partial charge is 0.342 e. The van der Waals surface area contributed by atoms with E-state index in [0.29, 0.717) is 32.7 Å². The maximum atomic E-state index is 12.7. The lowest BCUT2D eigenvalue weighted by Gasteiger charge is -2.35. The number of para-hydroxylation sites is 1. The van der Waals surface area contributed by atoms with E-state index >= 15 is 0 Å². The Kier molecular flexibility index (Phi) is 6.39. The monoisotopic (exact) mass is 374 g/mol. The highest BCUT2D eigenvalue weighted by Crippen LogP contribution is 2.20. The van der Waals surface area contributed by atoms with Crippen molar-refractivity contribution in [1.82, 2.24) is 14.7 Å². The third kappa shape index (κ3) is 4.82. The molecule has 1 aromatic carbocycles. The van der Waals surface area contributed by atoms with Crippen LogP contribution in [0.25, 0.3) is 0 Å². The minimum Gasteiger partial charge on any atom is -0.342 e. The van der Waals surface area contributed by atoms with Crippen LogP contribution in [0.5, 0.6) is 0 Å². The van der Waals surface area contributed by atoms with Gasteiger partial charge in [0.25, 0.3) is 11.6 Å². The standard InChI is InChI=1S/C19H26N4O4/c24-18(21-9-5-1-2-6-10-21)15-20-11-13-22(14-12-20)19(25)16-7-3-4-8-17(16)23(26)27/h3-4,7-8H,1-2,5-6,9-15H2. The highest BCUT2D eigenvalue weighted by atomic mass is 16.6. The first-order chi connectivity index (χ1) is 13.1. The van der Waals surface area contributed by atoms with E-state index in [1.807, 2.05) is 4.90 Å². The predicted molar refractivity (Wildman–Crippen MR) is 100 cm³/mol. The number of carbonyl (C=O) groups is 2. The lowest BCUT2D eigenvalue weighted by molar-refractivity contribution is -0.385. The first-order valence-electron chi connectivity index (χ1n) is 9.59. The van der Waals surface area contributed by atoms with E-state index in [0.717, 1.165) is 25.9 Å². The highest BCUT2D eigenvalue weighted by Gasteiger charge is 2.28. The molecule has 0 radical (unpaired) electrons. The molecule has 0 spiro atoms. The number of hydrogen-bond acceptors (Lipinski definition) is 5. The van der Waals surface area contributed by atoms with Gasteiger partial charge in [0.1, 0.15) is 5.56 Å². The van der Waals surface area contributed by atoms with Crippen LogP contribution < -0.4 is 0 Å². The van der Waals surface area contributed by atoms with Crippen LogP contribution in [0, 0.1) is 10.1 Å². The molecule has 27 heavy (non-hydrogen) atoms. The highest BCUT2D eigenvalue weighted by molar-refractivity contribution is 5.98. The summed E-state index contributed by atoms with van der Waals surface area (Å²) in [4.78, 5) is 41.4. The average Bonchev–Trinajstić information content (AvgIpc) is 2.97. The number of benzene rings is 1. The molecule has 3 rings (SSSR count). The zero-order chi connectivity index (χ0) is 19.2. The fourth-order valence-electron chi connectivity index (χ4n) is 3.70. The SMILES string of the molecule is O=C(CN1CCN(C(=O)c2ccccc2[N+](=O)[O-])CC1)N1CCCCCC1. The number of nitro groups is 1. The summed E-state index contributed by atoms with van der Waals surface area (Å²) in [6.07, 6.45) is 4.53. The van der Waals surface area contributed by atoms with Crippen LogP contribution in [-0.4, -0.2) is 77.3 Å². The number of piperazine rings is 1. The van der Waals surface area contributed by atoms with E-state index < -0.39 is 4.92 Å². The van der Waals surface area contributed by atoms with Crippen molar-refractivity contribution in [2.24, 2.45) is 0 Å². The molecular formula is C19H26N4O4. The topological polar surface area (TPSA) is 87.0 Å². The number of likely N-dealkylation sites (tertiary alicyclic amines) is 1. The van der Waals surface area contributed by atoms with Crippen molar-refractivity contribution in [3.05, 3.63) is 39.9 Å². The minimum atomic E-state index is -0.524. The van der Waals surface area contributed by atoms with Gasteiger partial charge in [0, 0.05) is 45.3 Å². The maximum Gasteiger partial charge on any atom is 0.282 e. The fourth-order valence-corrected chi connectivity index (χ4v) is 3.70. The zero-order valence-corrected chi connectivity index (χ0v) is 15.5. The van der Waals surface area contributed by atoms with Gasteiger partial charge in [0.05, 0.1) is 11.5 Å². The molecule has 2 fully saturated rings. The summed E-state index contributed by atoms with van der Waals surface area (Å²) in [5.74, 6) is -0.156. The van der Waals surface area contributed by atoms with E-state index in [4.69, 9.17) is 0 Å². The van der Waals surface area contributed by atoms with E-state index in [9.17, 15) is 19.7 Å². The summed E-state index contributed by atoms with van der Waals surface area (Å²) in [6.45, 7) is 4.21. The molecule has 0 saturated carbocycles. The van der Waals surface area contributed by atoms with Crippen LogP contribution in [0.4, 0.5) is 5.69 Å². The van der Waals surface area contributed by atoms with Crippen molar-refractivity contribution in [3.8, 4) is 0 Å². The molecule has 0 atom stereocenters. The van der Waals surface area contributed by atoms with E-state index in [2.05, 4.69) is 4.90 Å². The van der Waals surface area contributed by atoms with Gasteiger partial charge in [-0.25, -0.2) is 0 Å². The number of nitrogens with zero attached hydrogens (tertiary/aromatic N) is 4. The van der Waals surface area contributed by atoms with Gasteiger partial charge in [-0.3, -0.25) is 24.6 Å². The molecule has 146 valence electrons. The first-order valence-corrected chi connectivity index (χ1v) is 9.59. The Balaban J connectivity index is 1.53. The molecule has 2 amide bonds. The summed E-state index contributed by atoms with van der Waals surface area (Å²) in [5.41, 5.74) is -0.0436. The quantitative estimate of drug-likeness (QED) is 0.592. The summed E-state index contributed by atoms with van der Waals surface area (Å²) in [5, 5.41) is 11.1. The Labute approximate surface area is 158 Å².